The second-order valence-corrected chi connectivity index (χ2v) is 9.71. The van der Waals surface area contributed by atoms with E-state index in [4.69, 9.17) is 4.74 Å². The molecular formula is C23H27FN4O4S. The smallest absolute Gasteiger partial charge is 0.340 e. The lowest BCUT2D eigenvalue weighted by Crippen LogP contribution is -2.30. The fourth-order valence-electron chi connectivity index (χ4n) is 3.76. The van der Waals surface area contributed by atoms with Gasteiger partial charge in [0.1, 0.15) is 11.6 Å². The van der Waals surface area contributed by atoms with Crippen LogP contribution in [0.4, 0.5) is 16.0 Å². The summed E-state index contributed by atoms with van der Waals surface area (Å²) in [6, 6.07) is 7.24. The maximum atomic E-state index is 13.7. The number of halogens is 1. The van der Waals surface area contributed by atoms with Gasteiger partial charge >= 0.3 is 5.97 Å². The molecular weight excluding hydrogens is 447 g/mol. The molecule has 10 heteroatoms. The van der Waals surface area contributed by atoms with Crippen molar-refractivity contribution in [3.8, 4) is 11.1 Å². The Labute approximate surface area is 193 Å². The van der Waals surface area contributed by atoms with Gasteiger partial charge in [0.15, 0.2) is 5.82 Å². The standard InChI is InChI=1S/C23H27FN4O4S/c1-7-27-18(12-13-25-27)28(33(6,30)31)22-15(4)19(16-8-10-17(24)11-9-16)20(23(29)32-5)21(26-22)14(2)3/h8-14H,7H2,1-6H3. The molecule has 0 amide bonds. The van der Waals surface area contributed by atoms with E-state index in [2.05, 4.69) is 10.1 Å². The number of esters is 1. The Kier molecular flexibility index (Phi) is 6.87. The van der Waals surface area contributed by atoms with Crippen molar-refractivity contribution in [2.45, 2.75) is 40.2 Å². The summed E-state index contributed by atoms with van der Waals surface area (Å²) in [7, 11) is -2.58. The molecule has 0 N–H and O–H groups in total. The molecule has 0 aliphatic heterocycles. The van der Waals surface area contributed by atoms with Crippen LogP contribution in [0.15, 0.2) is 36.5 Å². The number of aromatic nitrogens is 3. The normalized spacial score (nSPS) is 11.6. The second kappa shape index (κ2) is 9.30. The van der Waals surface area contributed by atoms with Gasteiger partial charge in [-0.25, -0.2) is 31.6 Å². The molecule has 0 saturated carbocycles. The molecule has 8 nitrogen and oxygen atoms in total. The van der Waals surface area contributed by atoms with Crippen molar-refractivity contribution in [3.63, 3.8) is 0 Å². The number of hydrogen-bond acceptors (Lipinski definition) is 6. The first-order chi connectivity index (χ1) is 15.5. The highest BCUT2D eigenvalue weighted by Gasteiger charge is 2.32. The van der Waals surface area contributed by atoms with Crippen LogP contribution in [0.25, 0.3) is 11.1 Å². The molecule has 3 rings (SSSR count). The lowest BCUT2D eigenvalue weighted by atomic mass is 9.91. The quantitative estimate of drug-likeness (QED) is 0.471. The minimum Gasteiger partial charge on any atom is -0.465 e. The largest absolute Gasteiger partial charge is 0.465 e. The molecule has 0 unspecified atom stereocenters. The number of benzene rings is 1. The van der Waals surface area contributed by atoms with Gasteiger partial charge in [-0.1, -0.05) is 26.0 Å². The van der Waals surface area contributed by atoms with Gasteiger partial charge in [0.05, 0.1) is 30.8 Å². The first-order valence-electron chi connectivity index (χ1n) is 10.4. The second-order valence-electron chi connectivity index (χ2n) is 7.88. The van der Waals surface area contributed by atoms with Crippen molar-refractivity contribution < 1.29 is 22.3 Å². The molecule has 33 heavy (non-hydrogen) atoms. The van der Waals surface area contributed by atoms with Gasteiger partial charge in [0.2, 0.25) is 10.0 Å². The van der Waals surface area contributed by atoms with E-state index in [1.54, 1.807) is 29.8 Å². The van der Waals surface area contributed by atoms with Crippen molar-refractivity contribution in [2.24, 2.45) is 0 Å². The minimum absolute atomic E-state index is 0.142. The molecule has 2 aromatic heterocycles. The van der Waals surface area contributed by atoms with Crippen LogP contribution in [0.1, 0.15) is 48.3 Å². The number of aryl methyl sites for hydroxylation is 1. The van der Waals surface area contributed by atoms with E-state index in [1.807, 2.05) is 20.8 Å². The monoisotopic (exact) mass is 474 g/mol. The summed E-state index contributed by atoms with van der Waals surface area (Å²) in [6.45, 7) is 7.67. The number of carbonyl (C=O) groups excluding carboxylic acids is 1. The van der Waals surface area contributed by atoms with Crippen LogP contribution in [0.2, 0.25) is 0 Å². The van der Waals surface area contributed by atoms with Gasteiger partial charge in [-0.15, -0.1) is 0 Å². The number of sulfonamides is 1. The molecule has 0 aliphatic rings. The van der Waals surface area contributed by atoms with Gasteiger partial charge < -0.3 is 4.74 Å². The van der Waals surface area contributed by atoms with Crippen LogP contribution in [-0.4, -0.2) is 42.5 Å². The predicted molar refractivity (Wildman–Crippen MR) is 125 cm³/mol. The van der Waals surface area contributed by atoms with E-state index < -0.39 is 21.8 Å². The molecule has 3 aromatic rings. The summed E-state index contributed by atoms with van der Waals surface area (Å²) in [5.41, 5.74) is 2.00. The SMILES string of the molecule is CCn1nccc1N(c1nc(C(C)C)c(C(=O)OC)c(-c2ccc(F)cc2)c1C)S(C)(=O)=O. The van der Waals surface area contributed by atoms with Crippen LogP contribution >= 0.6 is 0 Å². The maximum absolute atomic E-state index is 13.7. The highest BCUT2D eigenvalue weighted by atomic mass is 32.2. The molecule has 0 fully saturated rings. The molecule has 0 aliphatic carbocycles. The van der Waals surface area contributed by atoms with Gasteiger partial charge in [0, 0.05) is 23.7 Å². The predicted octanol–water partition coefficient (Wildman–Crippen LogP) is 4.42. The van der Waals surface area contributed by atoms with E-state index in [1.165, 1.54) is 25.4 Å². The molecule has 0 radical (unpaired) electrons. The summed E-state index contributed by atoms with van der Waals surface area (Å²) in [5.74, 6) is -0.816. The van der Waals surface area contributed by atoms with Crippen molar-refractivity contribution in [2.75, 3.05) is 17.7 Å². The Bertz CT molecular complexity index is 1280. The van der Waals surface area contributed by atoms with Gasteiger partial charge in [-0.2, -0.15) is 5.10 Å². The van der Waals surface area contributed by atoms with Gasteiger partial charge in [-0.05, 0) is 37.5 Å². The average molecular weight is 475 g/mol. The molecule has 1 aromatic carbocycles. The number of ether oxygens (including phenoxy) is 1. The molecule has 0 atom stereocenters. The lowest BCUT2D eigenvalue weighted by molar-refractivity contribution is 0.0599. The van der Waals surface area contributed by atoms with Crippen LogP contribution in [-0.2, 0) is 21.3 Å². The molecule has 2 heterocycles. The first kappa shape index (κ1) is 24.4. The summed E-state index contributed by atoms with van der Waals surface area (Å²) >= 11 is 0. The summed E-state index contributed by atoms with van der Waals surface area (Å²) in [5, 5.41) is 4.20. The number of hydrogen-bond donors (Lipinski definition) is 0. The molecule has 0 bridgehead atoms. The van der Waals surface area contributed by atoms with Gasteiger partial charge in [-0.3, -0.25) is 0 Å². The topological polar surface area (TPSA) is 94.4 Å². The number of carbonyl (C=O) groups is 1. The van der Waals surface area contributed by atoms with Crippen molar-refractivity contribution >= 4 is 27.6 Å². The Balaban J connectivity index is 2.49. The third-order valence-corrected chi connectivity index (χ3v) is 6.26. The van der Waals surface area contributed by atoms with Crippen LogP contribution in [0, 0.1) is 12.7 Å². The number of pyridine rings is 1. The van der Waals surface area contributed by atoms with Crippen LogP contribution in [0.5, 0.6) is 0 Å². The fourth-order valence-corrected chi connectivity index (χ4v) is 4.75. The average Bonchev–Trinajstić information content (AvgIpc) is 3.21. The van der Waals surface area contributed by atoms with Crippen molar-refractivity contribution in [1.29, 1.82) is 0 Å². The Morgan fingerprint density at radius 1 is 1.21 bits per heavy atom. The Morgan fingerprint density at radius 3 is 2.36 bits per heavy atom. The Hall–Kier alpha value is -3.27. The third-order valence-electron chi connectivity index (χ3n) is 5.24. The van der Waals surface area contributed by atoms with Crippen LogP contribution in [0.3, 0.4) is 0 Å². The summed E-state index contributed by atoms with van der Waals surface area (Å²) in [6.07, 6.45) is 2.60. The zero-order valence-electron chi connectivity index (χ0n) is 19.5. The number of nitrogens with zero attached hydrogens (tertiary/aromatic N) is 4. The maximum Gasteiger partial charge on any atom is 0.340 e. The zero-order chi connectivity index (χ0) is 24.5. The van der Waals surface area contributed by atoms with E-state index in [-0.39, 0.29) is 17.3 Å². The minimum atomic E-state index is -3.85. The van der Waals surface area contributed by atoms with E-state index in [0.29, 0.717) is 34.7 Å². The Morgan fingerprint density at radius 2 is 1.85 bits per heavy atom. The number of methoxy groups -OCH3 is 1. The molecule has 0 spiro atoms. The number of rotatable bonds is 7. The molecule has 176 valence electrons. The fraction of sp³-hybridized carbons (Fsp3) is 0.348. The van der Waals surface area contributed by atoms with Gasteiger partial charge in [0.25, 0.3) is 0 Å². The summed E-state index contributed by atoms with van der Waals surface area (Å²) in [4.78, 5) is 17.6. The van der Waals surface area contributed by atoms with Crippen LogP contribution < -0.4 is 4.31 Å². The number of anilines is 2. The van der Waals surface area contributed by atoms with E-state index in [0.717, 1.165) is 10.6 Å². The van der Waals surface area contributed by atoms with E-state index in [9.17, 15) is 17.6 Å². The lowest BCUT2D eigenvalue weighted by Gasteiger charge is -2.27. The van der Waals surface area contributed by atoms with Crippen molar-refractivity contribution in [1.82, 2.24) is 14.8 Å². The molecule has 0 saturated heterocycles. The zero-order valence-corrected chi connectivity index (χ0v) is 20.3. The highest BCUT2D eigenvalue weighted by molar-refractivity contribution is 7.92. The highest BCUT2D eigenvalue weighted by Crippen LogP contribution is 2.40. The third kappa shape index (κ3) is 4.61. The van der Waals surface area contributed by atoms with Crippen molar-refractivity contribution in [3.05, 3.63) is 59.2 Å². The first-order valence-corrected chi connectivity index (χ1v) is 12.3. The van der Waals surface area contributed by atoms with E-state index >= 15 is 0 Å². The summed E-state index contributed by atoms with van der Waals surface area (Å²) < 4.78 is 47.4.